The highest BCUT2D eigenvalue weighted by Gasteiger charge is 2.18. The lowest BCUT2D eigenvalue weighted by Crippen LogP contribution is -2.31. The fourth-order valence-corrected chi connectivity index (χ4v) is 3.92. The zero-order chi connectivity index (χ0) is 24.5. The van der Waals surface area contributed by atoms with Gasteiger partial charge < -0.3 is 14.4 Å². The highest BCUT2D eigenvalue weighted by Crippen LogP contribution is 2.33. The molecule has 0 radical (unpaired) electrons. The van der Waals surface area contributed by atoms with Crippen LogP contribution in [-0.2, 0) is 33.8 Å². The Kier molecular flexibility index (Phi) is 9.11. The van der Waals surface area contributed by atoms with Gasteiger partial charge in [0.25, 0.3) is 0 Å². The number of benzene rings is 3. The Morgan fingerprint density at radius 2 is 1.65 bits per heavy atom. The average molecular weight is 480 g/mol. The summed E-state index contributed by atoms with van der Waals surface area (Å²) in [7, 11) is 0. The first kappa shape index (κ1) is 25.3. The van der Waals surface area contributed by atoms with E-state index in [-0.39, 0.29) is 25.1 Å². The third-order valence-corrected chi connectivity index (χ3v) is 5.77. The molecule has 0 aliphatic heterocycles. The number of amides is 1. The summed E-state index contributed by atoms with van der Waals surface area (Å²) in [4.78, 5) is 26.4. The van der Waals surface area contributed by atoms with E-state index in [1.165, 1.54) is 0 Å². The minimum Gasteiger partial charge on any atom is -0.466 e. The molecule has 0 saturated carbocycles. The molecule has 0 bridgehead atoms. The van der Waals surface area contributed by atoms with Crippen LogP contribution in [0.15, 0.2) is 66.7 Å². The molecule has 6 heteroatoms. The SMILES string of the molecule is CCOC(=O)Cc1ccc(Cl)c(-c2ccc(C)cc2CN(CC)C(=O)OCc2ccccc2)c1. The third kappa shape index (κ3) is 6.84. The Hall–Kier alpha value is -3.31. The molecule has 0 unspecified atom stereocenters. The number of hydrogen-bond acceptors (Lipinski definition) is 4. The predicted octanol–water partition coefficient (Wildman–Crippen LogP) is 6.58. The van der Waals surface area contributed by atoms with Crippen LogP contribution >= 0.6 is 11.6 Å². The van der Waals surface area contributed by atoms with E-state index in [0.717, 1.165) is 33.4 Å². The van der Waals surface area contributed by atoms with E-state index in [1.807, 2.05) is 68.4 Å². The van der Waals surface area contributed by atoms with Gasteiger partial charge in [-0.15, -0.1) is 0 Å². The molecule has 3 aromatic rings. The standard InChI is InChI=1S/C28H30ClNO4/c1-4-30(28(32)34-19-21-9-7-6-8-10-21)18-23-15-20(3)11-13-24(23)25-16-22(12-14-26(25)29)17-27(31)33-5-2/h6-16H,4-5,17-19H2,1-3H3. The maximum atomic E-state index is 12.8. The molecule has 0 fully saturated rings. The van der Waals surface area contributed by atoms with Crippen LogP contribution in [0.5, 0.6) is 0 Å². The number of aryl methyl sites for hydroxylation is 1. The minimum atomic E-state index is -0.374. The second-order valence-corrected chi connectivity index (χ2v) is 8.42. The van der Waals surface area contributed by atoms with Gasteiger partial charge in [-0.2, -0.15) is 0 Å². The second-order valence-electron chi connectivity index (χ2n) is 8.01. The number of esters is 1. The molecule has 0 aliphatic rings. The van der Waals surface area contributed by atoms with E-state index in [2.05, 4.69) is 6.07 Å². The summed E-state index contributed by atoms with van der Waals surface area (Å²) in [6, 6.07) is 21.2. The van der Waals surface area contributed by atoms with E-state index in [9.17, 15) is 9.59 Å². The number of nitrogens with zero attached hydrogens (tertiary/aromatic N) is 1. The van der Waals surface area contributed by atoms with Gasteiger partial charge in [0.1, 0.15) is 6.61 Å². The molecule has 178 valence electrons. The van der Waals surface area contributed by atoms with Crippen molar-refractivity contribution in [2.45, 2.75) is 40.3 Å². The Balaban J connectivity index is 1.84. The fourth-order valence-electron chi connectivity index (χ4n) is 3.71. The Bertz CT molecular complexity index is 1130. The Morgan fingerprint density at radius 3 is 2.35 bits per heavy atom. The Labute approximate surface area is 206 Å². The van der Waals surface area contributed by atoms with Crippen LogP contribution in [0.3, 0.4) is 0 Å². The monoisotopic (exact) mass is 479 g/mol. The fraction of sp³-hybridized carbons (Fsp3) is 0.286. The number of hydrogen-bond donors (Lipinski definition) is 0. The van der Waals surface area contributed by atoms with Gasteiger partial charge in [-0.25, -0.2) is 4.79 Å². The maximum absolute atomic E-state index is 12.8. The maximum Gasteiger partial charge on any atom is 0.410 e. The van der Waals surface area contributed by atoms with Crippen molar-refractivity contribution in [1.82, 2.24) is 4.90 Å². The molecule has 0 heterocycles. The van der Waals surface area contributed by atoms with Crippen molar-refractivity contribution in [3.63, 3.8) is 0 Å². The number of ether oxygens (including phenoxy) is 2. The molecular weight excluding hydrogens is 450 g/mol. The molecule has 34 heavy (non-hydrogen) atoms. The molecule has 0 spiro atoms. The van der Waals surface area contributed by atoms with E-state index in [1.54, 1.807) is 17.9 Å². The molecule has 0 saturated heterocycles. The van der Waals surface area contributed by atoms with E-state index >= 15 is 0 Å². The van der Waals surface area contributed by atoms with Crippen molar-refractivity contribution in [3.8, 4) is 11.1 Å². The smallest absolute Gasteiger partial charge is 0.410 e. The topological polar surface area (TPSA) is 55.8 Å². The summed E-state index contributed by atoms with van der Waals surface area (Å²) in [6.45, 7) is 7.15. The molecule has 0 N–H and O–H groups in total. The van der Waals surface area contributed by atoms with Crippen LogP contribution in [0.25, 0.3) is 11.1 Å². The van der Waals surface area contributed by atoms with E-state index in [0.29, 0.717) is 24.7 Å². The van der Waals surface area contributed by atoms with Crippen LogP contribution < -0.4 is 0 Å². The van der Waals surface area contributed by atoms with E-state index < -0.39 is 0 Å². The van der Waals surface area contributed by atoms with Crippen molar-refractivity contribution in [1.29, 1.82) is 0 Å². The lowest BCUT2D eigenvalue weighted by molar-refractivity contribution is -0.142. The van der Waals surface area contributed by atoms with Crippen molar-refractivity contribution in [2.75, 3.05) is 13.2 Å². The normalized spacial score (nSPS) is 10.6. The van der Waals surface area contributed by atoms with Crippen molar-refractivity contribution < 1.29 is 19.1 Å². The molecule has 0 atom stereocenters. The molecule has 1 amide bonds. The molecular formula is C28H30ClNO4. The van der Waals surface area contributed by atoms with Crippen LogP contribution in [0.1, 0.15) is 36.1 Å². The van der Waals surface area contributed by atoms with Gasteiger partial charge in [0.05, 0.1) is 13.0 Å². The van der Waals surface area contributed by atoms with E-state index in [4.69, 9.17) is 21.1 Å². The first-order chi connectivity index (χ1) is 16.4. The zero-order valence-corrected chi connectivity index (χ0v) is 20.6. The summed E-state index contributed by atoms with van der Waals surface area (Å²) in [5.41, 5.74) is 5.51. The number of rotatable bonds is 9. The van der Waals surface area contributed by atoms with Crippen LogP contribution in [0, 0.1) is 6.92 Å². The van der Waals surface area contributed by atoms with Gasteiger partial charge >= 0.3 is 12.1 Å². The predicted molar refractivity (Wildman–Crippen MR) is 135 cm³/mol. The second kappa shape index (κ2) is 12.2. The van der Waals surface area contributed by atoms with Gasteiger partial charge in [0.15, 0.2) is 0 Å². The summed E-state index contributed by atoms with van der Waals surface area (Å²) >= 11 is 6.57. The quantitative estimate of drug-likeness (QED) is 0.325. The van der Waals surface area contributed by atoms with Crippen LogP contribution in [0.2, 0.25) is 5.02 Å². The first-order valence-electron chi connectivity index (χ1n) is 11.4. The summed E-state index contributed by atoms with van der Waals surface area (Å²) in [6.07, 6.45) is -0.201. The molecule has 5 nitrogen and oxygen atoms in total. The van der Waals surface area contributed by atoms with Crippen molar-refractivity contribution >= 4 is 23.7 Å². The highest BCUT2D eigenvalue weighted by molar-refractivity contribution is 6.33. The van der Waals surface area contributed by atoms with Crippen molar-refractivity contribution in [3.05, 3.63) is 94.0 Å². The summed E-state index contributed by atoms with van der Waals surface area (Å²) in [5, 5.41) is 0.576. The Morgan fingerprint density at radius 1 is 0.882 bits per heavy atom. The van der Waals surface area contributed by atoms with Gasteiger partial charge in [0, 0.05) is 23.7 Å². The lowest BCUT2D eigenvalue weighted by Gasteiger charge is -2.23. The first-order valence-corrected chi connectivity index (χ1v) is 11.8. The summed E-state index contributed by atoms with van der Waals surface area (Å²) < 4.78 is 10.6. The van der Waals surface area contributed by atoms with Crippen LogP contribution in [-0.4, -0.2) is 30.1 Å². The van der Waals surface area contributed by atoms with Crippen molar-refractivity contribution in [2.24, 2.45) is 0 Å². The minimum absolute atomic E-state index is 0.173. The summed E-state index contributed by atoms with van der Waals surface area (Å²) in [5.74, 6) is -0.279. The lowest BCUT2D eigenvalue weighted by atomic mass is 9.95. The molecule has 3 aromatic carbocycles. The third-order valence-electron chi connectivity index (χ3n) is 5.44. The number of carbonyl (C=O) groups excluding carboxylic acids is 2. The largest absolute Gasteiger partial charge is 0.466 e. The van der Waals surface area contributed by atoms with Crippen LogP contribution in [0.4, 0.5) is 4.79 Å². The van der Waals surface area contributed by atoms with Gasteiger partial charge in [-0.3, -0.25) is 4.79 Å². The zero-order valence-electron chi connectivity index (χ0n) is 19.8. The van der Waals surface area contributed by atoms with Gasteiger partial charge in [-0.1, -0.05) is 71.8 Å². The molecule has 0 aromatic heterocycles. The number of carbonyl (C=O) groups is 2. The highest BCUT2D eigenvalue weighted by atomic mass is 35.5. The molecule has 0 aliphatic carbocycles. The van der Waals surface area contributed by atoms with Gasteiger partial charge in [0.2, 0.25) is 0 Å². The average Bonchev–Trinajstić information content (AvgIpc) is 2.83. The molecule has 3 rings (SSSR count). The number of halogens is 1. The van der Waals surface area contributed by atoms with Gasteiger partial charge in [-0.05, 0) is 55.2 Å².